The van der Waals surface area contributed by atoms with Gasteiger partial charge in [-0.3, -0.25) is 0 Å². The lowest BCUT2D eigenvalue weighted by Gasteiger charge is -2.04. The van der Waals surface area contributed by atoms with Crippen LogP contribution in [0.5, 0.6) is 17.2 Å². The van der Waals surface area contributed by atoms with Gasteiger partial charge in [-0.05, 0) is 0 Å². The van der Waals surface area contributed by atoms with Gasteiger partial charge >= 0.3 is 0 Å². The van der Waals surface area contributed by atoms with Crippen molar-refractivity contribution in [3.8, 4) is 17.2 Å². The first kappa shape index (κ1) is 9.62. The highest BCUT2D eigenvalue weighted by Gasteiger charge is 2.19. The molecular weight excluding hydrogens is 198 g/mol. The normalized spacial score (nSPS) is 11.5. The summed E-state index contributed by atoms with van der Waals surface area (Å²) in [6.45, 7) is 0. The second-order valence-electron chi connectivity index (χ2n) is 2.36. The molecule has 0 spiro atoms. The molecule has 0 fully saturated rings. The van der Waals surface area contributed by atoms with Gasteiger partial charge in [0.15, 0.2) is 4.90 Å². The number of hydrogen-bond acceptors (Lipinski definition) is 5. The van der Waals surface area contributed by atoms with Crippen molar-refractivity contribution >= 4 is 10.0 Å². The molecular formula is C6H7NO5S. The summed E-state index contributed by atoms with van der Waals surface area (Å²) in [5, 5.41) is 31.6. The maximum absolute atomic E-state index is 10.8. The Kier molecular flexibility index (Phi) is 2.06. The van der Waals surface area contributed by atoms with Crippen LogP contribution in [0.25, 0.3) is 0 Å². The second kappa shape index (κ2) is 2.79. The molecule has 0 saturated carbocycles. The van der Waals surface area contributed by atoms with E-state index in [4.69, 9.17) is 15.3 Å². The predicted molar refractivity (Wildman–Crippen MR) is 42.8 cm³/mol. The lowest BCUT2D eigenvalue weighted by molar-refractivity contribution is 0.407. The molecule has 6 nitrogen and oxygen atoms in total. The maximum Gasteiger partial charge on any atom is 0.245 e. The van der Waals surface area contributed by atoms with Crippen molar-refractivity contribution in [1.82, 2.24) is 0 Å². The third kappa shape index (κ3) is 1.82. The predicted octanol–water partition coefficient (Wildman–Crippen LogP) is -0.549. The minimum Gasteiger partial charge on any atom is -0.508 e. The SMILES string of the molecule is NS(=O)(=O)c1c(O)cc(O)cc1O. The van der Waals surface area contributed by atoms with Crippen molar-refractivity contribution in [3.63, 3.8) is 0 Å². The number of sulfonamides is 1. The van der Waals surface area contributed by atoms with Crippen molar-refractivity contribution in [2.45, 2.75) is 4.90 Å². The molecule has 0 aliphatic carbocycles. The average molecular weight is 205 g/mol. The fourth-order valence-electron chi connectivity index (χ4n) is 0.876. The van der Waals surface area contributed by atoms with Crippen LogP contribution < -0.4 is 5.14 Å². The summed E-state index contributed by atoms with van der Waals surface area (Å²) >= 11 is 0. The molecule has 7 heteroatoms. The molecule has 0 aliphatic heterocycles. The minimum atomic E-state index is -4.19. The smallest absolute Gasteiger partial charge is 0.245 e. The van der Waals surface area contributed by atoms with Gasteiger partial charge < -0.3 is 15.3 Å². The van der Waals surface area contributed by atoms with Crippen LogP contribution in [0.15, 0.2) is 17.0 Å². The minimum absolute atomic E-state index is 0.456. The number of primary sulfonamides is 1. The summed E-state index contributed by atoms with van der Waals surface area (Å²) in [5.74, 6) is -2.04. The van der Waals surface area contributed by atoms with Gasteiger partial charge in [0.2, 0.25) is 10.0 Å². The van der Waals surface area contributed by atoms with Crippen molar-refractivity contribution in [2.75, 3.05) is 0 Å². The van der Waals surface area contributed by atoms with Gasteiger partial charge in [0.25, 0.3) is 0 Å². The molecule has 1 aromatic rings. The van der Waals surface area contributed by atoms with Crippen molar-refractivity contribution in [2.24, 2.45) is 5.14 Å². The van der Waals surface area contributed by atoms with E-state index in [9.17, 15) is 8.42 Å². The molecule has 0 atom stereocenters. The first-order valence-corrected chi connectivity index (χ1v) is 4.65. The molecule has 0 aromatic heterocycles. The zero-order valence-electron chi connectivity index (χ0n) is 6.30. The molecule has 0 bridgehead atoms. The van der Waals surface area contributed by atoms with Crippen LogP contribution in [0.1, 0.15) is 0 Å². The van der Waals surface area contributed by atoms with Gasteiger partial charge in [-0.15, -0.1) is 0 Å². The highest BCUT2D eigenvalue weighted by Crippen LogP contribution is 2.34. The Morgan fingerprint density at radius 3 is 1.77 bits per heavy atom. The molecule has 0 unspecified atom stereocenters. The summed E-state index contributed by atoms with van der Waals surface area (Å²) in [5.41, 5.74) is 0. The molecule has 13 heavy (non-hydrogen) atoms. The number of phenols is 3. The number of hydrogen-bond donors (Lipinski definition) is 4. The van der Waals surface area contributed by atoms with Gasteiger partial charge in [0.1, 0.15) is 17.2 Å². The summed E-state index contributed by atoms with van der Waals surface area (Å²) in [4.78, 5) is -0.801. The zero-order chi connectivity index (χ0) is 10.2. The molecule has 0 radical (unpaired) electrons. The Morgan fingerprint density at radius 1 is 1.08 bits per heavy atom. The average Bonchev–Trinajstić information content (AvgIpc) is 1.78. The van der Waals surface area contributed by atoms with E-state index < -0.39 is 32.2 Å². The van der Waals surface area contributed by atoms with Crippen molar-refractivity contribution in [1.29, 1.82) is 0 Å². The largest absolute Gasteiger partial charge is 0.508 e. The molecule has 0 amide bonds. The van der Waals surface area contributed by atoms with E-state index >= 15 is 0 Å². The van der Waals surface area contributed by atoms with Crippen LogP contribution in [0.4, 0.5) is 0 Å². The number of rotatable bonds is 1. The Labute approximate surface area is 73.9 Å². The lowest BCUT2D eigenvalue weighted by Crippen LogP contribution is -2.12. The first-order valence-electron chi connectivity index (χ1n) is 3.10. The van der Waals surface area contributed by atoms with E-state index in [2.05, 4.69) is 5.14 Å². The third-order valence-electron chi connectivity index (χ3n) is 1.32. The highest BCUT2D eigenvalue weighted by atomic mass is 32.2. The van der Waals surface area contributed by atoms with E-state index in [1.54, 1.807) is 0 Å². The second-order valence-corrected chi connectivity index (χ2v) is 3.86. The highest BCUT2D eigenvalue weighted by molar-refractivity contribution is 7.89. The number of aromatic hydroxyl groups is 3. The van der Waals surface area contributed by atoms with E-state index in [0.29, 0.717) is 0 Å². The molecule has 5 N–H and O–H groups in total. The summed E-state index contributed by atoms with van der Waals surface area (Å²) in [6, 6.07) is 1.53. The maximum atomic E-state index is 10.8. The monoisotopic (exact) mass is 205 g/mol. The van der Waals surface area contributed by atoms with Gasteiger partial charge in [0, 0.05) is 12.1 Å². The summed E-state index contributed by atoms with van der Waals surface area (Å²) in [7, 11) is -4.19. The Balaban J connectivity index is 3.57. The quantitative estimate of drug-likeness (QED) is 0.490. The van der Waals surface area contributed by atoms with Crippen LogP contribution in [0.3, 0.4) is 0 Å². The lowest BCUT2D eigenvalue weighted by atomic mass is 10.3. The molecule has 0 saturated heterocycles. The van der Waals surface area contributed by atoms with Crippen molar-refractivity contribution in [3.05, 3.63) is 12.1 Å². The fourth-order valence-corrected chi connectivity index (χ4v) is 1.58. The first-order chi connectivity index (χ1) is 5.82. The van der Waals surface area contributed by atoms with Gasteiger partial charge in [-0.25, -0.2) is 13.6 Å². The molecule has 1 rings (SSSR count). The molecule has 1 aromatic carbocycles. The topological polar surface area (TPSA) is 121 Å². The summed E-state index contributed by atoms with van der Waals surface area (Å²) < 4.78 is 21.5. The zero-order valence-corrected chi connectivity index (χ0v) is 7.11. The Hall–Kier alpha value is -1.47. The Bertz CT molecular complexity index is 415. The van der Waals surface area contributed by atoms with E-state index in [1.807, 2.05) is 0 Å². The van der Waals surface area contributed by atoms with Crippen LogP contribution in [0, 0.1) is 0 Å². The number of benzene rings is 1. The standard InChI is InChI=1S/C6H7NO5S/c7-13(11,12)6-4(9)1-3(8)2-5(6)10/h1-2,8-10H,(H2,7,11,12). The van der Waals surface area contributed by atoms with Crippen LogP contribution in [0.2, 0.25) is 0 Å². The van der Waals surface area contributed by atoms with Crippen LogP contribution in [-0.2, 0) is 10.0 Å². The Morgan fingerprint density at radius 2 is 1.46 bits per heavy atom. The number of phenolic OH excluding ortho intramolecular Hbond substituents is 3. The summed E-state index contributed by atoms with van der Waals surface area (Å²) in [6.07, 6.45) is 0. The van der Waals surface area contributed by atoms with Gasteiger partial charge in [-0.2, -0.15) is 0 Å². The van der Waals surface area contributed by atoms with Gasteiger partial charge in [-0.1, -0.05) is 0 Å². The molecule has 72 valence electrons. The van der Waals surface area contributed by atoms with Gasteiger partial charge in [0.05, 0.1) is 0 Å². The fraction of sp³-hybridized carbons (Fsp3) is 0. The van der Waals surface area contributed by atoms with E-state index in [1.165, 1.54) is 0 Å². The van der Waals surface area contributed by atoms with Crippen LogP contribution in [-0.4, -0.2) is 23.7 Å². The van der Waals surface area contributed by atoms with E-state index in [-0.39, 0.29) is 0 Å². The van der Waals surface area contributed by atoms with E-state index in [0.717, 1.165) is 12.1 Å². The van der Waals surface area contributed by atoms with Crippen LogP contribution >= 0.6 is 0 Å². The molecule has 0 aliphatic rings. The third-order valence-corrected chi connectivity index (χ3v) is 2.31. The number of nitrogens with two attached hydrogens (primary N) is 1. The van der Waals surface area contributed by atoms with Crippen molar-refractivity contribution < 1.29 is 23.7 Å². The molecule has 0 heterocycles.